The van der Waals surface area contributed by atoms with Crippen molar-refractivity contribution in [2.24, 2.45) is 5.10 Å². The van der Waals surface area contributed by atoms with E-state index < -0.39 is 17.8 Å². The van der Waals surface area contributed by atoms with E-state index in [4.69, 9.17) is 32.7 Å². The lowest BCUT2D eigenvalue weighted by Gasteiger charge is -2.11. The third-order valence-corrected chi connectivity index (χ3v) is 5.10. The van der Waals surface area contributed by atoms with Crippen molar-refractivity contribution in [1.29, 1.82) is 0 Å². The highest BCUT2D eigenvalue weighted by Crippen LogP contribution is 2.29. The van der Waals surface area contributed by atoms with E-state index in [1.807, 2.05) is 0 Å². The number of nitrogens with one attached hydrogen (secondary N) is 2. The van der Waals surface area contributed by atoms with Gasteiger partial charge < -0.3 is 14.8 Å². The fourth-order valence-electron chi connectivity index (χ4n) is 2.71. The number of hydrogen-bond acceptors (Lipinski definition) is 6. The van der Waals surface area contributed by atoms with Gasteiger partial charge in [-0.05, 0) is 61.5 Å². The summed E-state index contributed by atoms with van der Waals surface area (Å²) in [6, 6.07) is 17.5. The molecule has 3 aromatic rings. The molecule has 0 atom stereocenters. The number of ether oxygens (including phenoxy) is 2. The molecular weight excluding hydrogens is 481 g/mol. The van der Waals surface area contributed by atoms with Crippen LogP contribution in [0, 0.1) is 0 Å². The van der Waals surface area contributed by atoms with Crippen molar-refractivity contribution in [1.82, 2.24) is 5.43 Å². The Morgan fingerprint density at radius 1 is 0.853 bits per heavy atom. The molecule has 0 spiro atoms. The first-order valence-corrected chi connectivity index (χ1v) is 10.6. The molecule has 0 heterocycles. The molecule has 0 saturated carbocycles. The molecule has 0 aliphatic carbocycles. The molecule has 0 fully saturated rings. The molecule has 8 nitrogen and oxygen atoms in total. The number of anilines is 1. The lowest BCUT2D eigenvalue weighted by atomic mass is 10.1. The number of hydrogen-bond donors (Lipinski definition) is 2. The van der Waals surface area contributed by atoms with Crippen LogP contribution in [0.1, 0.15) is 22.8 Å². The summed E-state index contributed by atoms with van der Waals surface area (Å²) in [6.07, 6.45) is 0. The molecular formula is C24H19Cl2N3O5. The van der Waals surface area contributed by atoms with Crippen molar-refractivity contribution in [3.63, 3.8) is 0 Å². The molecule has 2 N–H and O–H groups in total. The maximum absolute atomic E-state index is 12.4. The standard InChI is InChI=1S/C24H19Cl2N3O5/c1-14(28-29-23(31)22(30)27-19-6-4-3-5-18(19)26)16-9-12-20(21(13-16)33-2)34-24(32)15-7-10-17(25)11-8-15/h3-13H,1-2H3,(H,27,30)(H,29,31)/b28-14+. The lowest BCUT2D eigenvalue weighted by molar-refractivity contribution is -0.136. The molecule has 0 saturated heterocycles. The zero-order valence-corrected chi connectivity index (χ0v) is 19.6. The van der Waals surface area contributed by atoms with E-state index in [-0.39, 0.29) is 11.5 Å². The van der Waals surface area contributed by atoms with Gasteiger partial charge in [0.1, 0.15) is 0 Å². The van der Waals surface area contributed by atoms with E-state index in [9.17, 15) is 14.4 Å². The maximum atomic E-state index is 12.4. The second kappa shape index (κ2) is 11.3. The van der Waals surface area contributed by atoms with Crippen LogP contribution in [0.5, 0.6) is 11.5 Å². The van der Waals surface area contributed by atoms with Gasteiger partial charge in [-0.2, -0.15) is 5.10 Å². The van der Waals surface area contributed by atoms with Gasteiger partial charge >= 0.3 is 17.8 Å². The van der Waals surface area contributed by atoms with Crippen molar-refractivity contribution in [2.45, 2.75) is 6.92 Å². The zero-order valence-electron chi connectivity index (χ0n) is 18.1. The smallest absolute Gasteiger partial charge is 0.343 e. The molecule has 0 unspecified atom stereocenters. The third kappa shape index (κ3) is 6.34. The molecule has 174 valence electrons. The lowest BCUT2D eigenvalue weighted by Crippen LogP contribution is -2.33. The van der Waals surface area contributed by atoms with Crippen LogP contribution >= 0.6 is 23.2 Å². The molecule has 3 rings (SSSR count). The van der Waals surface area contributed by atoms with Gasteiger partial charge in [-0.3, -0.25) is 9.59 Å². The number of methoxy groups -OCH3 is 1. The van der Waals surface area contributed by atoms with E-state index >= 15 is 0 Å². The third-order valence-electron chi connectivity index (χ3n) is 4.52. The van der Waals surface area contributed by atoms with Gasteiger partial charge in [0.15, 0.2) is 11.5 Å². The van der Waals surface area contributed by atoms with Gasteiger partial charge in [-0.25, -0.2) is 10.2 Å². The Morgan fingerprint density at radius 3 is 2.21 bits per heavy atom. The largest absolute Gasteiger partial charge is 0.493 e. The van der Waals surface area contributed by atoms with E-state index in [1.165, 1.54) is 13.2 Å². The van der Waals surface area contributed by atoms with Crippen LogP contribution in [0.25, 0.3) is 0 Å². The van der Waals surface area contributed by atoms with Gasteiger partial charge in [-0.15, -0.1) is 0 Å². The predicted octanol–water partition coefficient (Wildman–Crippen LogP) is 4.70. The average Bonchev–Trinajstić information content (AvgIpc) is 2.84. The molecule has 2 amide bonds. The van der Waals surface area contributed by atoms with Crippen LogP contribution in [-0.2, 0) is 9.59 Å². The highest BCUT2D eigenvalue weighted by Gasteiger charge is 2.16. The monoisotopic (exact) mass is 499 g/mol. The summed E-state index contributed by atoms with van der Waals surface area (Å²) in [7, 11) is 1.42. The highest BCUT2D eigenvalue weighted by molar-refractivity contribution is 6.41. The number of rotatable bonds is 6. The van der Waals surface area contributed by atoms with Crippen LogP contribution in [0.3, 0.4) is 0 Å². The van der Waals surface area contributed by atoms with E-state index in [2.05, 4.69) is 15.8 Å². The number of hydrazone groups is 1. The zero-order chi connectivity index (χ0) is 24.7. The predicted molar refractivity (Wildman–Crippen MR) is 130 cm³/mol. The second-order valence-corrected chi connectivity index (χ2v) is 7.68. The van der Waals surface area contributed by atoms with Gasteiger partial charge in [0.05, 0.1) is 29.1 Å². The molecule has 34 heavy (non-hydrogen) atoms. The molecule has 10 heteroatoms. The van der Waals surface area contributed by atoms with Crippen LogP contribution < -0.4 is 20.2 Å². The Morgan fingerprint density at radius 2 is 1.53 bits per heavy atom. The number of carbonyl (C=O) groups excluding carboxylic acids is 3. The normalized spacial score (nSPS) is 10.9. The quantitative estimate of drug-likeness (QED) is 0.168. The summed E-state index contributed by atoms with van der Waals surface area (Å²) in [5, 5.41) is 7.15. The van der Waals surface area contributed by atoms with Crippen molar-refractivity contribution in [3.05, 3.63) is 87.9 Å². The minimum Gasteiger partial charge on any atom is -0.493 e. The van der Waals surface area contributed by atoms with Gasteiger partial charge in [0.2, 0.25) is 0 Å². The Kier molecular flexibility index (Phi) is 8.24. The summed E-state index contributed by atoms with van der Waals surface area (Å²) in [4.78, 5) is 36.5. The first-order chi connectivity index (χ1) is 16.3. The van der Waals surface area contributed by atoms with Crippen molar-refractivity contribution >= 4 is 52.4 Å². The van der Waals surface area contributed by atoms with Gasteiger partial charge in [-0.1, -0.05) is 35.3 Å². The summed E-state index contributed by atoms with van der Waals surface area (Å²) in [5.74, 6) is -2.00. The summed E-state index contributed by atoms with van der Waals surface area (Å²) >= 11 is 11.8. The Hall–Kier alpha value is -3.88. The molecule has 3 aromatic carbocycles. The molecule has 0 aliphatic heterocycles. The fourth-order valence-corrected chi connectivity index (χ4v) is 3.02. The van der Waals surface area contributed by atoms with Crippen molar-refractivity contribution in [3.8, 4) is 11.5 Å². The Labute approximate surface area is 205 Å². The number of carbonyl (C=O) groups is 3. The fraction of sp³-hybridized carbons (Fsp3) is 0.0833. The van der Waals surface area contributed by atoms with Crippen LogP contribution in [0.4, 0.5) is 5.69 Å². The summed E-state index contributed by atoms with van der Waals surface area (Å²) in [5.41, 5.74) is 3.76. The van der Waals surface area contributed by atoms with E-state index in [0.29, 0.717) is 32.6 Å². The first-order valence-electron chi connectivity index (χ1n) is 9.84. The number of esters is 1. The minimum atomic E-state index is -0.972. The van der Waals surface area contributed by atoms with E-state index in [1.54, 1.807) is 67.6 Å². The summed E-state index contributed by atoms with van der Waals surface area (Å²) in [6.45, 7) is 1.63. The maximum Gasteiger partial charge on any atom is 0.343 e. The molecule has 0 bridgehead atoms. The minimum absolute atomic E-state index is 0.196. The number of halogens is 2. The summed E-state index contributed by atoms with van der Waals surface area (Å²) < 4.78 is 10.7. The average molecular weight is 500 g/mol. The van der Waals surface area contributed by atoms with Crippen molar-refractivity contribution in [2.75, 3.05) is 12.4 Å². The van der Waals surface area contributed by atoms with Crippen molar-refractivity contribution < 1.29 is 23.9 Å². The number of para-hydroxylation sites is 1. The number of amides is 2. The molecule has 0 aliphatic rings. The number of benzene rings is 3. The Bertz CT molecular complexity index is 1260. The SMILES string of the molecule is COc1cc(/C(C)=N/NC(=O)C(=O)Nc2ccccc2Cl)ccc1OC(=O)c1ccc(Cl)cc1. The molecule has 0 aromatic heterocycles. The number of nitrogens with zero attached hydrogens (tertiary/aromatic N) is 1. The molecule has 0 radical (unpaired) electrons. The topological polar surface area (TPSA) is 106 Å². The van der Waals surface area contributed by atoms with Gasteiger partial charge in [0, 0.05) is 10.6 Å². The Balaban J connectivity index is 1.67. The van der Waals surface area contributed by atoms with Gasteiger partial charge in [0.25, 0.3) is 0 Å². The first kappa shape index (κ1) is 24.8. The highest BCUT2D eigenvalue weighted by atomic mass is 35.5. The van der Waals surface area contributed by atoms with E-state index in [0.717, 1.165) is 0 Å². The van der Waals surface area contributed by atoms with Crippen LogP contribution in [0.15, 0.2) is 71.8 Å². The second-order valence-electron chi connectivity index (χ2n) is 6.83. The van der Waals surface area contributed by atoms with Crippen LogP contribution in [0.2, 0.25) is 10.0 Å². The van der Waals surface area contributed by atoms with Crippen LogP contribution in [-0.4, -0.2) is 30.6 Å².